The van der Waals surface area contributed by atoms with Gasteiger partial charge in [-0.05, 0) is 24.3 Å². The molecular formula is C8H10N2. The molecule has 1 aliphatic carbocycles. The Labute approximate surface area is 60.3 Å². The van der Waals surface area contributed by atoms with Gasteiger partial charge in [0.2, 0.25) is 0 Å². The summed E-state index contributed by atoms with van der Waals surface area (Å²) in [4.78, 5) is 8.19. The molecule has 2 rings (SSSR count). The van der Waals surface area contributed by atoms with Gasteiger partial charge in [0.25, 0.3) is 0 Å². The summed E-state index contributed by atoms with van der Waals surface area (Å²) in [7, 11) is 0. The van der Waals surface area contributed by atoms with Crippen LogP contribution in [0.5, 0.6) is 0 Å². The first kappa shape index (κ1) is 5.83. The molecule has 1 aromatic heterocycles. The molecule has 0 unspecified atom stereocenters. The van der Waals surface area contributed by atoms with Crippen molar-refractivity contribution >= 4 is 0 Å². The molecule has 0 amide bonds. The number of hydrogen-bond acceptors (Lipinski definition) is 2. The molecule has 52 valence electrons. The van der Waals surface area contributed by atoms with Crippen molar-refractivity contribution in [2.24, 2.45) is 0 Å². The summed E-state index contributed by atoms with van der Waals surface area (Å²) >= 11 is 0. The number of rotatable bonds is 0. The summed E-state index contributed by atoms with van der Waals surface area (Å²) in [5.74, 6) is 0.677. The topological polar surface area (TPSA) is 25.8 Å². The molecule has 0 saturated carbocycles. The molecule has 1 aliphatic rings. The fourth-order valence-corrected chi connectivity index (χ4v) is 1.49. The van der Waals surface area contributed by atoms with Crippen LogP contribution in [0.2, 0.25) is 0 Å². The van der Waals surface area contributed by atoms with Gasteiger partial charge < -0.3 is 0 Å². The fourth-order valence-electron chi connectivity index (χ4n) is 1.49. The number of aromatic nitrogens is 2. The van der Waals surface area contributed by atoms with Crippen LogP contribution < -0.4 is 0 Å². The maximum Gasteiger partial charge on any atom is 0.115 e. The lowest BCUT2D eigenvalue weighted by atomic mass is 10.1. The van der Waals surface area contributed by atoms with E-state index in [4.69, 9.17) is 0 Å². The van der Waals surface area contributed by atoms with Crippen LogP contribution in [0.15, 0.2) is 12.5 Å². The van der Waals surface area contributed by atoms with Crippen LogP contribution in [0.4, 0.5) is 0 Å². The van der Waals surface area contributed by atoms with Gasteiger partial charge in [-0.1, -0.05) is 6.92 Å². The van der Waals surface area contributed by atoms with Gasteiger partial charge in [0.15, 0.2) is 0 Å². The summed E-state index contributed by atoms with van der Waals surface area (Å²) in [6, 6.07) is 0. The van der Waals surface area contributed by atoms with Gasteiger partial charge in [0.1, 0.15) is 6.33 Å². The molecule has 0 fully saturated rings. The Morgan fingerprint density at radius 3 is 3.30 bits per heavy atom. The second-order valence-corrected chi connectivity index (χ2v) is 2.86. The Hall–Kier alpha value is -0.920. The zero-order valence-corrected chi connectivity index (χ0v) is 6.04. The van der Waals surface area contributed by atoms with Crippen molar-refractivity contribution in [1.29, 1.82) is 0 Å². The first-order valence-corrected chi connectivity index (χ1v) is 3.66. The first-order chi connectivity index (χ1) is 4.88. The Balaban J connectivity index is 2.51. The van der Waals surface area contributed by atoms with E-state index in [1.807, 2.05) is 6.20 Å². The molecule has 1 atom stereocenters. The van der Waals surface area contributed by atoms with Crippen LogP contribution in [0.25, 0.3) is 0 Å². The molecule has 0 saturated heterocycles. The number of nitrogens with zero attached hydrogens (tertiary/aromatic N) is 2. The molecule has 10 heavy (non-hydrogen) atoms. The van der Waals surface area contributed by atoms with Gasteiger partial charge in [0, 0.05) is 11.9 Å². The molecule has 1 aromatic rings. The van der Waals surface area contributed by atoms with Gasteiger partial charge in [-0.2, -0.15) is 0 Å². The van der Waals surface area contributed by atoms with E-state index in [-0.39, 0.29) is 0 Å². The lowest BCUT2D eigenvalue weighted by Gasteiger charge is -1.99. The van der Waals surface area contributed by atoms with Crippen molar-refractivity contribution in [2.45, 2.75) is 25.7 Å². The highest BCUT2D eigenvalue weighted by Gasteiger charge is 2.18. The summed E-state index contributed by atoms with van der Waals surface area (Å²) < 4.78 is 0. The standard InChI is InChI=1S/C8H10N2/c1-6-2-3-8-7(6)4-9-5-10-8/h4-6H,2-3H2,1H3/t6-/m1/s1. The van der Waals surface area contributed by atoms with E-state index < -0.39 is 0 Å². The summed E-state index contributed by atoms with van der Waals surface area (Å²) in [6.45, 7) is 2.23. The number of fused-ring (bicyclic) bond motifs is 1. The van der Waals surface area contributed by atoms with Crippen LogP contribution >= 0.6 is 0 Å². The van der Waals surface area contributed by atoms with Crippen molar-refractivity contribution in [3.8, 4) is 0 Å². The number of hydrogen-bond donors (Lipinski definition) is 0. The molecule has 0 radical (unpaired) electrons. The van der Waals surface area contributed by atoms with Crippen LogP contribution in [0.3, 0.4) is 0 Å². The minimum atomic E-state index is 0.677. The van der Waals surface area contributed by atoms with Gasteiger partial charge in [-0.25, -0.2) is 9.97 Å². The highest BCUT2D eigenvalue weighted by molar-refractivity contribution is 5.25. The molecule has 0 aliphatic heterocycles. The van der Waals surface area contributed by atoms with E-state index in [1.165, 1.54) is 17.7 Å². The van der Waals surface area contributed by atoms with Crippen molar-refractivity contribution in [2.75, 3.05) is 0 Å². The Bertz CT molecular complexity index is 245. The quantitative estimate of drug-likeness (QED) is 0.537. The molecule has 2 heteroatoms. The molecule has 2 nitrogen and oxygen atoms in total. The largest absolute Gasteiger partial charge is 0.245 e. The normalized spacial score (nSPS) is 22.7. The van der Waals surface area contributed by atoms with Gasteiger partial charge >= 0.3 is 0 Å². The van der Waals surface area contributed by atoms with E-state index in [0.29, 0.717) is 5.92 Å². The van der Waals surface area contributed by atoms with E-state index in [9.17, 15) is 0 Å². The minimum absolute atomic E-state index is 0.677. The van der Waals surface area contributed by atoms with Crippen molar-refractivity contribution in [1.82, 2.24) is 9.97 Å². The molecular weight excluding hydrogens is 124 g/mol. The minimum Gasteiger partial charge on any atom is -0.245 e. The molecule has 1 heterocycles. The molecule has 0 bridgehead atoms. The Morgan fingerprint density at radius 2 is 2.50 bits per heavy atom. The highest BCUT2D eigenvalue weighted by atomic mass is 14.8. The maximum absolute atomic E-state index is 4.20. The predicted molar refractivity (Wildman–Crippen MR) is 38.8 cm³/mol. The SMILES string of the molecule is C[C@@H]1CCc2ncncc21. The van der Waals surface area contributed by atoms with E-state index in [0.717, 1.165) is 6.42 Å². The average molecular weight is 134 g/mol. The lowest BCUT2D eigenvalue weighted by Crippen LogP contribution is -1.89. The van der Waals surface area contributed by atoms with Crippen molar-refractivity contribution in [3.05, 3.63) is 23.8 Å². The maximum atomic E-state index is 4.20. The van der Waals surface area contributed by atoms with Crippen LogP contribution in [-0.2, 0) is 6.42 Å². The zero-order valence-electron chi connectivity index (χ0n) is 6.04. The lowest BCUT2D eigenvalue weighted by molar-refractivity contribution is 0.745. The van der Waals surface area contributed by atoms with E-state index in [2.05, 4.69) is 16.9 Å². The van der Waals surface area contributed by atoms with Gasteiger partial charge in [0.05, 0.1) is 0 Å². The van der Waals surface area contributed by atoms with Gasteiger partial charge in [-0.15, -0.1) is 0 Å². The zero-order chi connectivity index (χ0) is 6.97. The Morgan fingerprint density at radius 1 is 1.60 bits per heavy atom. The summed E-state index contributed by atoms with van der Waals surface area (Å²) in [6.07, 6.45) is 5.96. The van der Waals surface area contributed by atoms with Crippen LogP contribution in [-0.4, -0.2) is 9.97 Å². The fraction of sp³-hybridized carbons (Fsp3) is 0.500. The second kappa shape index (κ2) is 2.04. The third-order valence-electron chi connectivity index (χ3n) is 2.17. The summed E-state index contributed by atoms with van der Waals surface area (Å²) in [5.41, 5.74) is 2.60. The van der Waals surface area contributed by atoms with Crippen molar-refractivity contribution < 1.29 is 0 Å². The third-order valence-corrected chi connectivity index (χ3v) is 2.17. The predicted octanol–water partition coefficient (Wildman–Crippen LogP) is 1.53. The van der Waals surface area contributed by atoms with E-state index >= 15 is 0 Å². The number of aryl methyl sites for hydroxylation is 1. The van der Waals surface area contributed by atoms with E-state index in [1.54, 1.807) is 6.33 Å². The molecule has 0 spiro atoms. The monoisotopic (exact) mass is 134 g/mol. The smallest absolute Gasteiger partial charge is 0.115 e. The first-order valence-electron chi connectivity index (χ1n) is 3.66. The highest BCUT2D eigenvalue weighted by Crippen LogP contribution is 2.29. The average Bonchev–Trinajstić information content (AvgIpc) is 2.34. The van der Waals surface area contributed by atoms with Crippen LogP contribution in [0, 0.1) is 0 Å². The Kier molecular flexibility index (Phi) is 1.19. The van der Waals surface area contributed by atoms with Crippen molar-refractivity contribution in [3.63, 3.8) is 0 Å². The molecule has 0 N–H and O–H groups in total. The molecule has 0 aromatic carbocycles. The summed E-state index contributed by atoms with van der Waals surface area (Å²) in [5, 5.41) is 0. The van der Waals surface area contributed by atoms with Gasteiger partial charge in [-0.3, -0.25) is 0 Å². The second-order valence-electron chi connectivity index (χ2n) is 2.86. The van der Waals surface area contributed by atoms with Crippen LogP contribution in [0.1, 0.15) is 30.5 Å². The third kappa shape index (κ3) is 0.719.